The number of aromatic nitrogens is 2. The number of hydroxylamine groups is 1. The summed E-state index contributed by atoms with van der Waals surface area (Å²) in [7, 11) is 0. The van der Waals surface area contributed by atoms with E-state index in [0.717, 1.165) is 24.6 Å². The lowest BCUT2D eigenvalue weighted by Gasteiger charge is -2.34. The maximum atomic E-state index is 13.4. The minimum absolute atomic E-state index is 0.0798. The Balaban J connectivity index is 1.34. The second-order valence-corrected chi connectivity index (χ2v) is 9.48. The number of benzene rings is 1. The zero-order valence-corrected chi connectivity index (χ0v) is 19.2. The summed E-state index contributed by atoms with van der Waals surface area (Å²) >= 11 is 5.45. The monoisotopic (exact) mass is 528 g/mol. The average molecular weight is 529 g/mol. The summed E-state index contributed by atoms with van der Waals surface area (Å²) in [5.41, 5.74) is 2.80. The second-order valence-electron chi connectivity index (χ2n) is 7.02. The minimum Gasteiger partial charge on any atom is -0.305 e. The van der Waals surface area contributed by atoms with Crippen LogP contribution in [0.4, 0.5) is 10.1 Å². The van der Waals surface area contributed by atoms with E-state index in [-0.39, 0.29) is 21.9 Å². The minimum atomic E-state index is -0.491. The van der Waals surface area contributed by atoms with Gasteiger partial charge in [-0.05, 0) is 47.0 Å². The number of rotatable bonds is 9. The molecule has 0 aliphatic heterocycles. The van der Waals surface area contributed by atoms with Crippen LogP contribution in [0.2, 0.25) is 0 Å². The molecule has 0 bridgehead atoms. The lowest BCUT2D eigenvalue weighted by atomic mass is 9.83. The highest BCUT2D eigenvalue weighted by molar-refractivity contribution is 9.10. The summed E-state index contributed by atoms with van der Waals surface area (Å²) in [5, 5.41) is 16.4. The first-order valence-electron chi connectivity index (χ1n) is 9.45. The number of carbonyl (C=O) groups is 2. The topological polar surface area (TPSA) is 129 Å². The maximum absolute atomic E-state index is 13.4. The van der Waals surface area contributed by atoms with Crippen molar-refractivity contribution in [3.05, 3.63) is 34.2 Å². The van der Waals surface area contributed by atoms with Crippen molar-refractivity contribution in [3.63, 3.8) is 0 Å². The lowest BCUT2D eigenvalue weighted by molar-refractivity contribution is -0.147. The molecule has 2 aromatic rings. The van der Waals surface area contributed by atoms with Gasteiger partial charge in [0.2, 0.25) is 11.6 Å². The molecular formula is C18H18BrFN6O3S2. The van der Waals surface area contributed by atoms with Crippen molar-refractivity contribution in [1.29, 1.82) is 0 Å². The van der Waals surface area contributed by atoms with Crippen LogP contribution in [0, 0.1) is 5.82 Å². The molecule has 13 heteroatoms. The van der Waals surface area contributed by atoms with Gasteiger partial charge in [-0.3, -0.25) is 20.3 Å². The number of nitrogens with zero attached hydrogens (tertiary/aromatic N) is 3. The third-order valence-corrected chi connectivity index (χ3v) is 6.99. The van der Waals surface area contributed by atoms with Crippen LogP contribution >= 0.6 is 39.4 Å². The normalized spacial score (nSPS) is 21.3. The smallest absolute Gasteiger partial charge is 0.219 e. The highest BCUT2D eigenvalue weighted by Gasteiger charge is 2.50. The van der Waals surface area contributed by atoms with Gasteiger partial charge in [0.15, 0.2) is 11.5 Å². The number of ketones is 2. The summed E-state index contributed by atoms with van der Waals surface area (Å²) in [6.45, 7) is 0.484. The van der Waals surface area contributed by atoms with Crippen molar-refractivity contribution in [2.24, 2.45) is 4.99 Å². The molecule has 0 spiro atoms. The number of hydrogen-bond donors (Lipinski definition) is 4. The molecule has 4 rings (SSSR count). The Kier molecular flexibility index (Phi) is 7.08. The molecule has 2 aliphatic rings. The molecule has 9 nitrogen and oxygen atoms in total. The largest absolute Gasteiger partial charge is 0.305 e. The van der Waals surface area contributed by atoms with Crippen molar-refractivity contribution in [2.45, 2.75) is 36.0 Å². The molecule has 1 heterocycles. The molecule has 164 valence electrons. The Labute approximate surface area is 193 Å². The first-order valence-corrected chi connectivity index (χ1v) is 12.0. The zero-order chi connectivity index (χ0) is 22.0. The van der Waals surface area contributed by atoms with Crippen LogP contribution in [-0.2, 0) is 9.59 Å². The fourth-order valence-corrected chi connectivity index (χ4v) is 4.88. The average Bonchev–Trinajstić information content (AvgIpc) is 3.48. The number of Topliss-reactive ketones (excluding diaryl/α,β-unsaturated/α-hetero) is 2. The van der Waals surface area contributed by atoms with E-state index in [2.05, 4.69) is 40.3 Å². The van der Waals surface area contributed by atoms with E-state index in [1.54, 1.807) is 0 Å². The van der Waals surface area contributed by atoms with Gasteiger partial charge in [0.05, 0.1) is 34.0 Å². The van der Waals surface area contributed by atoms with E-state index >= 15 is 0 Å². The van der Waals surface area contributed by atoms with E-state index in [1.807, 2.05) is 5.48 Å². The van der Waals surface area contributed by atoms with E-state index in [4.69, 9.17) is 0 Å². The summed E-state index contributed by atoms with van der Waals surface area (Å²) < 4.78 is 22.1. The zero-order valence-electron chi connectivity index (χ0n) is 16.0. The number of nitrogens with one attached hydrogen (secondary N) is 3. The number of carbonyl (C=O) groups excluding carboxylic acids is 2. The summed E-state index contributed by atoms with van der Waals surface area (Å²) in [6, 6.07) is 3.62. The Bertz CT molecular complexity index is 1030. The third kappa shape index (κ3) is 5.18. The van der Waals surface area contributed by atoms with Gasteiger partial charge < -0.3 is 10.6 Å². The molecule has 0 radical (unpaired) electrons. The second kappa shape index (κ2) is 9.79. The van der Waals surface area contributed by atoms with E-state index in [9.17, 15) is 19.2 Å². The molecular weight excluding hydrogens is 511 g/mol. The SMILES string of the molecule is O=C1C(=O)C(NC2CC2)C1NCCSc1nsnc1C(=Nc1ccc(F)c(Br)c1)NO. The van der Waals surface area contributed by atoms with Gasteiger partial charge in [0, 0.05) is 18.3 Å². The van der Waals surface area contributed by atoms with Crippen molar-refractivity contribution < 1.29 is 19.2 Å². The van der Waals surface area contributed by atoms with Gasteiger partial charge in [0.1, 0.15) is 10.8 Å². The molecule has 0 saturated heterocycles. The van der Waals surface area contributed by atoms with Gasteiger partial charge in [-0.15, -0.1) is 11.8 Å². The number of amidine groups is 1. The van der Waals surface area contributed by atoms with Gasteiger partial charge >= 0.3 is 0 Å². The molecule has 1 aromatic carbocycles. The van der Waals surface area contributed by atoms with Gasteiger partial charge in [-0.2, -0.15) is 8.75 Å². The van der Waals surface area contributed by atoms with Crippen LogP contribution in [-0.4, -0.2) is 61.8 Å². The quantitative estimate of drug-likeness (QED) is 0.0961. The Hall–Kier alpha value is -1.77. The van der Waals surface area contributed by atoms with Crippen molar-refractivity contribution in [3.8, 4) is 0 Å². The van der Waals surface area contributed by atoms with Gasteiger partial charge in [0.25, 0.3) is 0 Å². The lowest BCUT2D eigenvalue weighted by Crippen LogP contribution is -2.70. The van der Waals surface area contributed by atoms with Crippen molar-refractivity contribution >= 4 is 62.5 Å². The van der Waals surface area contributed by atoms with Crippen LogP contribution in [0.15, 0.2) is 32.7 Å². The van der Waals surface area contributed by atoms with Gasteiger partial charge in [-0.1, -0.05) is 0 Å². The van der Waals surface area contributed by atoms with E-state index < -0.39 is 17.9 Å². The van der Waals surface area contributed by atoms with Crippen LogP contribution in [0.1, 0.15) is 18.5 Å². The summed E-state index contributed by atoms with van der Waals surface area (Å²) in [6.07, 6.45) is 2.08. The van der Waals surface area contributed by atoms with Crippen LogP contribution in [0.5, 0.6) is 0 Å². The molecule has 1 aromatic heterocycles. The van der Waals surface area contributed by atoms with E-state index in [0.29, 0.717) is 34.7 Å². The maximum Gasteiger partial charge on any atom is 0.219 e. The van der Waals surface area contributed by atoms with Gasteiger partial charge in [-0.25, -0.2) is 9.38 Å². The Morgan fingerprint density at radius 1 is 1.29 bits per heavy atom. The molecule has 2 fully saturated rings. The molecule has 31 heavy (non-hydrogen) atoms. The standard InChI is InChI=1S/C18H18BrFN6O3S2/c19-10-7-9(3-4-11(10)20)23-17(24-29)14-18(26-31-25-14)30-6-5-21-12-13(16(28)15(12)27)22-8-1-2-8/h3-4,7-8,12-13,21-22,29H,1-2,5-6H2,(H,23,24). The number of halogens is 2. The van der Waals surface area contributed by atoms with Crippen LogP contribution in [0.3, 0.4) is 0 Å². The first kappa shape index (κ1) is 22.4. The highest BCUT2D eigenvalue weighted by Crippen LogP contribution is 2.26. The number of aliphatic imine (C=N–C) groups is 1. The molecule has 2 aliphatic carbocycles. The van der Waals surface area contributed by atoms with E-state index in [1.165, 1.54) is 30.0 Å². The molecule has 2 saturated carbocycles. The highest BCUT2D eigenvalue weighted by atomic mass is 79.9. The number of thioether (sulfide) groups is 1. The first-order chi connectivity index (χ1) is 15.0. The number of hydrogen-bond acceptors (Lipinski definition) is 10. The Morgan fingerprint density at radius 2 is 2.06 bits per heavy atom. The van der Waals surface area contributed by atoms with Crippen molar-refractivity contribution in [2.75, 3.05) is 12.3 Å². The predicted molar refractivity (Wildman–Crippen MR) is 118 cm³/mol. The molecule has 2 atom stereocenters. The predicted octanol–water partition coefficient (Wildman–Crippen LogP) is 1.82. The summed E-state index contributed by atoms with van der Waals surface area (Å²) in [5.74, 6) is -0.518. The van der Waals surface area contributed by atoms with Crippen molar-refractivity contribution in [1.82, 2.24) is 24.9 Å². The fourth-order valence-electron chi connectivity index (χ4n) is 3.00. The fraction of sp³-hybridized carbons (Fsp3) is 0.389. The third-order valence-electron chi connectivity index (χ3n) is 4.77. The summed E-state index contributed by atoms with van der Waals surface area (Å²) in [4.78, 5) is 27.9. The van der Waals surface area contributed by atoms with Crippen LogP contribution in [0.25, 0.3) is 0 Å². The Morgan fingerprint density at radius 3 is 2.77 bits per heavy atom. The molecule has 0 amide bonds. The molecule has 4 N–H and O–H groups in total. The van der Waals surface area contributed by atoms with Crippen LogP contribution < -0.4 is 16.1 Å². The molecule has 2 unspecified atom stereocenters.